The summed E-state index contributed by atoms with van der Waals surface area (Å²) >= 11 is 3.33. The van der Waals surface area contributed by atoms with Gasteiger partial charge in [-0.15, -0.1) is 22.7 Å². The molecular formula is C14H13N3S2. The topological polar surface area (TPSA) is 51.8 Å². The Bertz CT molecular complexity index is 645. The lowest BCUT2D eigenvalue weighted by Crippen LogP contribution is -2.01. The summed E-state index contributed by atoms with van der Waals surface area (Å²) in [6, 6.07) is 10.3. The van der Waals surface area contributed by atoms with Crippen LogP contribution in [0, 0.1) is 0 Å². The second-order valence-corrected chi connectivity index (χ2v) is 6.01. The van der Waals surface area contributed by atoms with E-state index in [0.29, 0.717) is 6.54 Å². The zero-order valence-corrected chi connectivity index (χ0v) is 11.9. The highest BCUT2D eigenvalue weighted by molar-refractivity contribution is 7.17. The van der Waals surface area contributed by atoms with Crippen molar-refractivity contribution < 1.29 is 0 Å². The maximum atomic E-state index is 5.63. The number of hydrogen-bond donors (Lipinski definition) is 1. The summed E-state index contributed by atoms with van der Waals surface area (Å²) in [5, 5.41) is 4.02. The first-order chi connectivity index (χ1) is 9.38. The second kappa shape index (κ2) is 5.61. The zero-order chi connectivity index (χ0) is 13.1. The van der Waals surface area contributed by atoms with Crippen molar-refractivity contribution in [3.05, 3.63) is 46.9 Å². The van der Waals surface area contributed by atoms with Crippen molar-refractivity contribution in [2.45, 2.75) is 6.42 Å². The van der Waals surface area contributed by atoms with Crippen LogP contribution >= 0.6 is 22.7 Å². The van der Waals surface area contributed by atoms with Gasteiger partial charge < -0.3 is 5.73 Å². The summed E-state index contributed by atoms with van der Waals surface area (Å²) in [6.45, 7) is 0.624. The molecule has 0 aliphatic rings. The van der Waals surface area contributed by atoms with Crippen molar-refractivity contribution in [2.24, 2.45) is 5.73 Å². The van der Waals surface area contributed by atoms with Gasteiger partial charge in [0.2, 0.25) is 0 Å². The molecule has 2 aromatic heterocycles. The van der Waals surface area contributed by atoms with Crippen LogP contribution in [0.4, 0.5) is 0 Å². The van der Waals surface area contributed by atoms with E-state index in [9.17, 15) is 0 Å². The molecule has 3 rings (SSSR count). The lowest BCUT2D eigenvalue weighted by atomic mass is 10.1. The molecule has 0 saturated heterocycles. The van der Waals surface area contributed by atoms with Crippen LogP contribution in [-0.4, -0.2) is 16.5 Å². The zero-order valence-electron chi connectivity index (χ0n) is 10.2. The largest absolute Gasteiger partial charge is 0.330 e. The van der Waals surface area contributed by atoms with Crippen LogP contribution in [0.1, 0.15) is 5.01 Å². The Balaban J connectivity index is 2.12. The second-order valence-electron chi connectivity index (χ2n) is 4.03. The molecule has 3 aromatic rings. The molecule has 2 heterocycles. The lowest BCUT2D eigenvalue weighted by molar-refractivity contribution is 0.954. The van der Waals surface area contributed by atoms with Gasteiger partial charge in [-0.1, -0.05) is 30.3 Å². The predicted octanol–water partition coefficient (Wildman–Crippen LogP) is 3.43. The highest BCUT2D eigenvalue weighted by atomic mass is 32.1. The van der Waals surface area contributed by atoms with Gasteiger partial charge in [0.05, 0.1) is 9.88 Å². The average Bonchev–Trinajstić information content (AvgIpc) is 3.08. The Kier molecular flexibility index (Phi) is 3.68. The Hall–Kier alpha value is -1.56. The van der Waals surface area contributed by atoms with E-state index >= 15 is 0 Å². The van der Waals surface area contributed by atoms with Crippen molar-refractivity contribution >= 4 is 22.7 Å². The molecule has 0 fully saturated rings. The Morgan fingerprint density at radius 1 is 1.16 bits per heavy atom. The van der Waals surface area contributed by atoms with Crippen molar-refractivity contribution in [1.82, 2.24) is 9.97 Å². The quantitative estimate of drug-likeness (QED) is 0.799. The molecule has 0 bridgehead atoms. The standard InChI is InChI=1S/C14H13N3S2/c15-7-6-11-17-12(14-16-8-9-18-14)13(19-11)10-4-2-1-3-5-10/h1-5,8-9H,6-7,15H2. The van der Waals surface area contributed by atoms with Crippen LogP contribution in [0.15, 0.2) is 41.9 Å². The number of nitrogens with two attached hydrogens (primary N) is 1. The van der Waals surface area contributed by atoms with Gasteiger partial charge in [-0.2, -0.15) is 0 Å². The first-order valence-electron chi connectivity index (χ1n) is 6.03. The van der Waals surface area contributed by atoms with Crippen molar-refractivity contribution in [2.75, 3.05) is 6.54 Å². The van der Waals surface area contributed by atoms with Gasteiger partial charge in [0.25, 0.3) is 0 Å². The van der Waals surface area contributed by atoms with Crippen LogP contribution < -0.4 is 5.73 Å². The lowest BCUT2D eigenvalue weighted by Gasteiger charge is -1.98. The van der Waals surface area contributed by atoms with E-state index in [1.165, 1.54) is 10.4 Å². The van der Waals surface area contributed by atoms with Crippen LogP contribution in [0.5, 0.6) is 0 Å². The molecule has 0 aliphatic carbocycles. The molecule has 0 atom stereocenters. The fourth-order valence-electron chi connectivity index (χ4n) is 1.87. The Morgan fingerprint density at radius 3 is 2.68 bits per heavy atom. The molecule has 0 aliphatic heterocycles. The number of hydrogen-bond acceptors (Lipinski definition) is 5. The molecule has 3 nitrogen and oxygen atoms in total. The molecule has 0 unspecified atom stereocenters. The third-order valence-electron chi connectivity index (χ3n) is 2.70. The van der Waals surface area contributed by atoms with Crippen LogP contribution in [0.25, 0.3) is 21.1 Å². The smallest absolute Gasteiger partial charge is 0.143 e. The first-order valence-corrected chi connectivity index (χ1v) is 7.73. The number of rotatable bonds is 4. The average molecular weight is 287 g/mol. The molecule has 19 heavy (non-hydrogen) atoms. The summed E-state index contributed by atoms with van der Waals surface area (Å²) in [5.41, 5.74) is 7.80. The summed E-state index contributed by atoms with van der Waals surface area (Å²) in [5.74, 6) is 0. The summed E-state index contributed by atoms with van der Waals surface area (Å²) < 4.78 is 0. The molecule has 96 valence electrons. The number of benzene rings is 1. The molecule has 0 saturated carbocycles. The maximum absolute atomic E-state index is 5.63. The molecular weight excluding hydrogens is 274 g/mol. The Morgan fingerprint density at radius 2 is 2.00 bits per heavy atom. The summed E-state index contributed by atoms with van der Waals surface area (Å²) in [4.78, 5) is 10.3. The summed E-state index contributed by atoms with van der Waals surface area (Å²) in [6.07, 6.45) is 2.63. The third kappa shape index (κ3) is 2.58. The predicted molar refractivity (Wildman–Crippen MR) is 81.4 cm³/mol. The fourth-order valence-corrected chi connectivity index (χ4v) is 3.65. The highest BCUT2D eigenvalue weighted by Gasteiger charge is 2.16. The van der Waals surface area contributed by atoms with Gasteiger partial charge in [-0.3, -0.25) is 0 Å². The van der Waals surface area contributed by atoms with E-state index in [0.717, 1.165) is 22.1 Å². The Labute approximate surface area is 119 Å². The van der Waals surface area contributed by atoms with Gasteiger partial charge >= 0.3 is 0 Å². The number of aromatic nitrogens is 2. The number of nitrogens with zero attached hydrogens (tertiary/aromatic N) is 2. The normalized spacial score (nSPS) is 10.8. The van der Waals surface area contributed by atoms with Gasteiger partial charge in [0, 0.05) is 18.0 Å². The monoisotopic (exact) mass is 287 g/mol. The minimum atomic E-state index is 0.624. The molecule has 2 N–H and O–H groups in total. The van der Waals surface area contributed by atoms with Crippen molar-refractivity contribution in [1.29, 1.82) is 0 Å². The third-order valence-corrected chi connectivity index (χ3v) is 4.64. The van der Waals surface area contributed by atoms with Crippen LogP contribution in [0.2, 0.25) is 0 Å². The SMILES string of the molecule is NCCc1nc(-c2nccs2)c(-c2ccccc2)s1. The van der Waals surface area contributed by atoms with Gasteiger partial charge in [0.1, 0.15) is 10.7 Å². The van der Waals surface area contributed by atoms with E-state index in [-0.39, 0.29) is 0 Å². The molecule has 1 aromatic carbocycles. The van der Waals surface area contributed by atoms with E-state index in [1.54, 1.807) is 22.7 Å². The van der Waals surface area contributed by atoms with Crippen molar-refractivity contribution in [3.8, 4) is 21.1 Å². The highest BCUT2D eigenvalue weighted by Crippen LogP contribution is 2.37. The van der Waals surface area contributed by atoms with E-state index in [4.69, 9.17) is 10.7 Å². The molecule has 0 amide bonds. The molecule has 5 heteroatoms. The molecule has 0 spiro atoms. The van der Waals surface area contributed by atoms with E-state index in [2.05, 4.69) is 17.1 Å². The van der Waals surface area contributed by atoms with Gasteiger partial charge in [0.15, 0.2) is 0 Å². The van der Waals surface area contributed by atoms with E-state index in [1.807, 2.05) is 29.8 Å². The fraction of sp³-hybridized carbons (Fsp3) is 0.143. The van der Waals surface area contributed by atoms with E-state index < -0.39 is 0 Å². The number of thiazole rings is 2. The maximum Gasteiger partial charge on any atom is 0.143 e. The summed E-state index contributed by atoms with van der Waals surface area (Å²) in [7, 11) is 0. The molecule has 0 radical (unpaired) electrons. The van der Waals surface area contributed by atoms with Gasteiger partial charge in [-0.25, -0.2) is 9.97 Å². The van der Waals surface area contributed by atoms with Crippen LogP contribution in [-0.2, 0) is 6.42 Å². The minimum Gasteiger partial charge on any atom is -0.330 e. The van der Waals surface area contributed by atoms with Crippen LogP contribution in [0.3, 0.4) is 0 Å². The first kappa shape index (κ1) is 12.5. The van der Waals surface area contributed by atoms with Gasteiger partial charge in [-0.05, 0) is 12.1 Å². The minimum absolute atomic E-state index is 0.624. The van der Waals surface area contributed by atoms with Crippen molar-refractivity contribution in [3.63, 3.8) is 0 Å².